The molecule has 1 fully saturated rings. The van der Waals surface area contributed by atoms with Gasteiger partial charge in [0.1, 0.15) is 0 Å². The normalized spacial score (nSPS) is 15.2. The molecule has 2 rings (SSSR count). The molecule has 0 bridgehead atoms. The Balaban J connectivity index is 2.40. The number of pyridine rings is 1. The average molecular weight is 219 g/mol. The van der Waals surface area contributed by atoms with Crippen LogP contribution in [0.4, 0.5) is 0 Å². The van der Waals surface area contributed by atoms with Crippen LogP contribution in [0.3, 0.4) is 0 Å². The predicted molar refractivity (Wildman–Crippen MR) is 61.9 cm³/mol. The van der Waals surface area contributed by atoms with Crippen molar-refractivity contribution in [1.29, 1.82) is 0 Å². The summed E-state index contributed by atoms with van der Waals surface area (Å²) < 4.78 is 5.11. The van der Waals surface area contributed by atoms with E-state index >= 15 is 0 Å². The Hall–Kier alpha value is -1.38. The van der Waals surface area contributed by atoms with Crippen molar-refractivity contribution in [2.45, 2.75) is 32.6 Å². The molecule has 3 nitrogen and oxygen atoms in total. The van der Waals surface area contributed by atoms with Crippen molar-refractivity contribution in [3.05, 3.63) is 23.4 Å². The molecular weight excluding hydrogens is 202 g/mol. The minimum Gasteiger partial charge on any atom is -0.481 e. The first-order valence-electron chi connectivity index (χ1n) is 5.72. The molecule has 1 aliphatic rings. The Labute approximate surface area is 95.8 Å². The molecule has 1 aliphatic carbocycles. The van der Waals surface area contributed by atoms with Crippen LogP contribution < -0.4 is 4.74 Å². The molecule has 0 radical (unpaired) electrons. The van der Waals surface area contributed by atoms with Crippen molar-refractivity contribution in [3.8, 4) is 5.88 Å². The molecule has 1 aromatic rings. The van der Waals surface area contributed by atoms with Crippen molar-refractivity contribution >= 4 is 5.78 Å². The second-order valence-electron chi connectivity index (χ2n) is 4.58. The largest absolute Gasteiger partial charge is 0.481 e. The Morgan fingerprint density at radius 3 is 2.62 bits per heavy atom. The Morgan fingerprint density at radius 2 is 2.12 bits per heavy atom. The number of ether oxygens (including phenoxy) is 1. The van der Waals surface area contributed by atoms with Crippen LogP contribution in [0.1, 0.15) is 48.7 Å². The number of hydrogen-bond donors (Lipinski definition) is 0. The molecule has 0 N–H and O–H groups in total. The minimum absolute atomic E-state index is 0.0210. The molecule has 1 saturated carbocycles. The van der Waals surface area contributed by atoms with Crippen LogP contribution in [0.25, 0.3) is 0 Å². The van der Waals surface area contributed by atoms with Crippen LogP contribution in [0, 0.1) is 5.92 Å². The van der Waals surface area contributed by atoms with Gasteiger partial charge in [-0.2, -0.15) is 0 Å². The van der Waals surface area contributed by atoms with E-state index in [0.717, 1.165) is 24.1 Å². The second-order valence-corrected chi connectivity index (χ2v) is 4.58. The predicted octanol–water partition coefficient (Wildman–Crippen LogP) is 2.81. The fourth-order valence-electron chi connectivity index (χ4n) is 1.76. The highest BCUT2D eigenvalue weighted by molar-refractivity contribution is 5.98. The lowest BCUT2D eigenvalue weighted by Gasteiger charge is -2.10. The summed E-state index contributed by atoms with van der Waals surface area (Å²) in [5.74, 6) is 1.26. The van der Waals surface area contributed by atoms with Crippen LogP contribution in [0.15, 0.2) is 12.1 Å². The van der Waals surface area contributed by atoms with E-state index in [1.165, 1.54) is 0 Å². The van der Waals surface area contributed by atoms with Crippen molar-refractivity contribution in [3.63, 3.8) is 0 Å². The van der Waals surface area contributed by atoms with Gasteiger partial charge in [0.2, 0.25) is 5.88 Å². The summed E-state index contributed by atoms with van der Waals surface area (Å²) in [5.41, 5.74) is 1.70. The molecule has 0 spiro atoms. The maximum Gasteiger partial charge on any atom is 0.213 e. The third-order valence-electron chi connectivity index (χ3n) is 2.86. The van der Waals surface area contributed by atoms with Gasteiger partial charge in [-0.15, -0.1) is 0 Å². The molecule has 0 atom stereocenters. The highest BCUT2D eigenvalue weighted by Gasteiger charge is 2.30. The van der Waals surface area contributed by atoms with E-state index in [-0.39, 0.29) is 11.7 Å². The number of aromatic nitrogens is 1. The Bertz CT molecular complexity index is 408. The van der Waals surface area contributed by atoms with Gasteiger partial charge in [-0.1, -0.05) is 13.8 Å². The van der Waals surface area contributed by atoms with Crippen molar-refractivity contribution in [1.82, 2.24) is 4.98 Å². The summed E-state index contributed by atoms with van der Waals surface area (Å²) in [4.78, 5) is 16.4. The SMILES string of the molecule is COc1ccc(C(=O)C(C)C)c(C2CC2)n1. The first-order chi connectivity index (χ1) is 7.63. The maximum absolute atomic E-state index is 12.0. The fraction of sp³-hybridized carbons (Fsp3) is 0.538. The molecule has 16 heavy (non-hydrogen) atoms. The van der Waals surface area contributed by atoms with Gasteiger partial charge >= 0.3 is 0 Å². The number of ketones is 1. The fourth-order valence-corrected chi connectivity index (χ4v) is 1.76. The number of rotatable bonds is 4. The summed E-state index contributed by atoms with van der Waals surface area (Å²) in [6, 6.07) is 3.61. The van der Waals surface area contributed by atoms with E-state index in [1.807, 2.05) is 19.9 Å². The monoisotopic (exact) mass is 219 g/mol. The molecule has 0 amide bonds. The molecule has 0 unspecified atom stereocenters. The zero-order chi connectivity index (χ0) is 11.7. The van der Waals surface area contributed by atoms with Gasteiger partial charge in [0.15, 0.2) is 5.78 Å². The number of carbonyl (C=O) groups is 1. The van der Waals surface area contributed by atoms with Crippen LogP contribution >= 0.6 is 0 Å². The highest BCUT2D eigenvalue weighted by atomic mass is 16.5. The van der Waals surface area contributed by atoms with Crippen LogP contribution in [-0.2, 0) is 0 Å². The van der Waals surface area contributed by atoms with Gasteiger partial charge in [-0.05, 0) is 18.9 Å². The zero-order valence-electron chi connectivity index (χ0n) is 9.99. The first-order valence-corrected chi connectivity index (χ1v) is 5.72. The number of carbonyl (C=O) groups excluding carboxylic acids is 1. The van der Waals surface area contributed by atoms with Crippen molar-refractivity contribution in [2.75, 3.05) is 7.11 Å². The van der Waals surface area contributed by atoms with E-state index < -0.39 is 0 Å². The third kappa shape index (κ3) is 2.08. The number of nitrogens with zero attached hydrogens (tertiary/aromatic N) is 1. The Morgan fingerprint density at radius 1 is 1.44 bits per heavy atom. The lowest BCUT2D eigenvalue weighted by atomic mass is 9.98. The molecule has 1 heterocycles. The molecule has 3 heteroatoms. The second kappa shape index (κ2) is 4.24. The van der Waals surface area contributed by atoms with Gasteiger partial charge in [0.25, 0.3) is 0 Å². The Kier molecular flexibility index (Phi) is 2.95. The molecule has 0 saturated heterocycles. The molecule has 86 valence electrons. The summed E-state index contributed by atoms with van der Waals surface area (Å²) in [6.07, 6.45) is 2.27. The molecular formula is C13H17NO2. The molecule has 1 aromatic heterocycles. The van der Waals surface area contributed by atoms with Gasteiger partial charge in [-0.25, -0.2) is 4.98 Å². The van der Waals surface area contributed by atoms with Crippen LogP contribution in [-0.4, -0.2) is 17.9 Å². The number of Topliss-reactive ketones (excluding diaryl/α,β-unsaturated/α-hetero) is 1. The summed E-state index contributed by atoms with van der Waals surface area (Å²) in [6.45, 7) is 3.84. The highest BCUT2D eigenvalue weighted by Crippen LogP contribution is 2.41. The van der Waals surface area contributed by atoms with Crippen molar-refractivity contribution < 1.29 is 9.53 Å². The van der Waals surface area contributed by atoms with E-state index in [1.54, 1.807) is 13.2 Å². The zero-order valence-corrected chi connectivity index (χ0v) is 9.99. The smallest absolute Gasteiger partial charge is 0.213 e. The van der Waals surface area contributed by atoms with Crippen LogP contribution in [0.5, 0.6) is 5.88 Å². The third-order valence-corrected chi connectivity index (χ3v) is 2.86. The topological polar surface area (TPSA) is 39.2 Å². The lowest BCUT2D eigenvalue weighted by Crippen LogP contribution is -2.11. The van der Waals surface area contributed by atoms with Gasteiger partial charge < -0.3 is 4.74 Å². The van der Waals surface area contributed by atoms with Gasteiger partial charge in [0, 0.05) is 23.5 Å². The standard InChI is InChI=1S/C13H17NO2/c1-8(2)13(15)10-6-7-11(16-3)14-12(10)9-4-5-9/h6-9H,4-5H2,1-3H3. The lowest BCUT2D eigenvalue weighted by molar-refractivity contribution is 0.0938. The molecule has 0 aliphatic heterocycles. The summed E-state index contributed by atoms with van der Waals surface area (Å²) in [7, 11) is 1.60. The van der Waals surface area contributed by atoms with E-state index in [0.29, 0.717) is 11.8 Å². The number of methoxy groups -OCH3 is 1. The van der Waals surface area contributed by atoms with Gasteiger partial charge in [0.05, 0.1) is 12.8 Å². The quantitative estimate of drug-likeness (QED) is 0.731. The maximum atomic E-state index is 12.0. The van der Waals surface area contributed by atoms with E-state index in [9.17, 15) is 4.79 Å². The van der Waals surface area contributed by atoms with E-state index in [4.69, 9.17) is 4.74 Å². The molecule has 0 aromatic carbocycles. The summed E-state index contributed by atoms with van der Waals surface area (Å²) >= 11 is 0. The summed E-state index contributed by atoms with van der Waals surface area (Å²) in [5, 5.41) is 0. The first kappa shape index (κ1) is 11.1. The van der Waals surface area contributed by atoms with Gasteiger partial charge in [-0.3, -0.25) is 4.79 Å². The number of hydrogen-bond acceptors (Lipinski definition) is 3. The average Bonchev–Trinajstić information content (AvgIpc) is 3.11. The van der Waals surface area contributed by atoms with E-state index in [2.05, 4.69) is 4.98 Å². The van der Waals surface area contributed by atoms with Crippen LogP contribution in [0.2, 0.25) is 0 Å². The minimum atomic E-state index is 0.0210. The van der Waals surface area contributed by atoms with Crippen molar-refractivity contribution in [2.24, 2.45) is 5.92 Å².